The lowest BCUT2D eigenvalue weighted by molar-refractivity contribution is 0.526. The molecule has 0 saturated heterocycles. The highest BCUT2D eigenvalue weighted by atomic mass is 35.5. The Balaban J connectivity index is 2.21. The fraction of sp³-hybridized carbons (Fsp3) is 0.375. The quantitative estimate of drug-likeness (QED) is 0.779. The molecule has 1 nitrogen and oxygen atoms in total. The predicted molar refractivity (Wildman–Crippen MR) is 85.2 cm³/mol. The molecular formula is C16H19ClFNS. The van der Waals surface area contributed by atoms with Crippen LogP contribution in [0, 0.1) is 12.7 Å². The minimum Gasteiger partial charge on any atom is -0.310 e. The lowest BCUT2D eigenvalue weighted by Crippen LogP contribution is -2.24. The maximum atomic E-state index is 13.6. The predicted octanol–water partition coefficient (Wildman–Crippen LogP) is 5.13. The van der Waals surface area contributed by atoms with Gasteiger partial charge in [-0.15, -0.1) is 11.3 Å². The van der Waals surface area contributed by atoms with Crippen LogP contribution in [0.4, 0.5) is 4.39 Å². The summed E-state index contributed by atoms with van der Waals surface area (Å²) in [5, 5.41) is 3.49. The van der Waals surface area contributed by atoms with Gasteiger partial charge < -0.3 is 5.32 Å². The second kappa shape index (κ2) is 7.21. The van der Waals surface area contributed by atoms with Crippen molar-refractivity contribution < 1.29 is 4.39 Å². The Labute approximate surface area is 128 Å². The molecule has 0 radical (unpaired) electrons. The van der Waals surface area contributed by atoms with Gasteiger partial charge in [0.05, 0.1) is 4.34 Å². The summed E-state index contributed by atoms with van der Waals surface area (Å²) in [4.78, 5) is 1.21. The van der Waals surface area contributed by atoms with Crippen molar-refractivity contribution in [2.24, 2.45) is 0 Å². The molecule has 0 amide bonds. The molecule has 2 aromatic rings. The van der Waals surface area contributed by atoms with Crippen molar-refractivity contribution in [2.75, 3.05) is 6.54 Å². The van der Waals surface area contributed by atoms with Crippen molar-refractivity contribution in [3.8, 4) is 0 Å². The van der Waals surface area contributed by atoms with Crippen LogP contribution in [0.25, 0.3) is 0 Å². The van der Waals surface area contributed by atoms with E-state index >= 15 is 0 Å². The maximum Gasteiger partial charge on any atom is 0.123 e. The second-order valence-corrected chi connectivity index (χ2v) is 6.78. The summed E-state index contributed by atoms with van der Waals surface area (Å²) < 4.78 is 14.4. The molecular weight excluding hydrogens is 293 g/mol. The second-order valence-electron chi connectivity index (χ2n) is 4.98. The average Bonchev–Trinajstić information content (AvgIpc) is 2.79. The normalized spacial score (nSPS) is 12.6. The van der Waals surface area contributed by atoms with E-state index in [2.05, 4.69) is 12.2 Å². The van der Waals surface area contributed by atoms with Crippen LogP contribution in [0.5, 0.6) is 0 Å². The smallest absolute Gasteiger partial charge is 0.123 e. The van der Waals surface area contributed by atoms with E-state index < -0.39 is 0 Å². The zero-order valence-electron chi connectivity index (χ0n) is 11.7. The molecule has 1 aromatic carbocycles. The lowest BCUT2D eigenvalue weighted by Gasteiger charge is -2.19. The Morgan fingerprint density at radius 2 is 2.10 bits per heavy atom. The summed E-state index contributed by atoms with van der Waals surface area (Å²) in [5.74, 6) is -0.174. The fourth-order valence-corrected chi connectivity index (χ4v) is 3.39. The molecule has 0 aliphatic carbocycles. The SMILES string of the molecule is CCCNC(Cc1ccc(Cl)s1)c1cc(C)cc(F)c1. The zero-order valence-corrected chi connectivity index (χ0v) is 13.3. The molecule has 0 bridgehead atoms. The van der Waals surface area contributed by atoms with Crippen LogP contribution in [-0.2, 0) is 6.42 Å². The van der Waals surface area contributed by atoms with Crippen LogP contribution in [-0.4, -0.2) is 6.54 Å². The molecule has 1 unspecified atom stereocenters. The summed E-state index contributed by atoms with van der Waals surface area (Å²) in [7, 11) is 0. The first-order valence-corrected chi connectivity index (χ1v) is 8.02. The Bertz CT molecular complexity index is 547. The standard InChI is InChI=1S/C16H19ClFNS/c1-3-6-19-15(10-14-4-5-16(17)20-14)12-7-11(2)8-13(18)9-12/h4-5,7-9,15,19H,3,6,10H2,1-2H3. The summed E-state index contributed by atoms with van der Waals surface area (Å²) in [5.41, 5.74) is 1.95. The van der Waals surface area contributed by atoms with E-state index in [9.17, 15) is 4.39 Å². The van der Waals surface area contributed by atoms with Gasteiger partial charge in [0, 0.05) is 17.3 Å². The molecule has 0 aliphatic heterocycles. The number of benzene rings is 1. The van der Waals surface area contributed by atoms with Gasteiger partial charge in [0.15, 0.2) is 0 Å². The Kier molecular flexibility index (Phi) is 5.58. The Morgan fingerprint density at radius 1 is 1.30 bits per heavy atom. The lowest BCUT2D eigenvalue weighted by atomic mass is 10.0. The Morgan fingerprint density at radius 3 is 2.70 bits per heavy atom. The molecule has 0 aliphatic rings. The average molecular weight is 312 g/mol. The molecule has 4 heteroatoms. The number of nitrogens with one attached hydrogen (secondary N) is 1. The minimum absolute atomic E-state index is 0.124. The van der Waals surface area contributed by atoms with Crippen LogP contribution in [0.15, 0.2) is 30.3 Å². The molecule has 108 valence electrons. The zero-order chi connectivity index (χ0) is 14.5. The van der Waals surface area contributed by atoms with Crippen LogP contribution in [0.3, 0.4) is 0 Å². The third kappa shape index (κ3) is 4.30. The summed E-state index contributed by atoms with van der Waals surface area (Å²) in [6.07, 6.45) is 1.89. The van der Waals surface area contributed by atoms with Crippen molar-refractivity contribution >= 4 is 22.9 Å². The molecule has 20 heavy (non-hydrogen) atoms. The number of hydrogen-bond acceptors (Lipinski definition) is 2. The van der Waals surface area contributed by atoms with Gasteiger partial charge in [0.1, 0.15) is 5.82 Å². The van der Waals surface area contributed by atoms with Gasteiger partial charge in [-0.25, -0.2) is 4.39 Å². The van der Waals surface area contributed by atoms with Crippen LogP contribution in [0.1, 0.15) is 35.4 Å². The highest BCUT2D eigenvalue weighted by molar-refractivity contribution is 7.16. The van der Waals surface area contributed by atoms with Gasteiger partial charge in [0.25, 0.3) is 0 Å². The largest absolute Gasteiger partial charge is 0.310 e. The van der Waals surface area contributed by atoms with Crippen LogP contribution in [0.2, 0.25) is 4.34 Å². The Hall–Kier alpha value is -0.900. The van der Waals surface area contributed by atoms with Crippen LogP contribution >= 0.6 is 22.9 Å². The number of hydrogen-bond donors (Lipinski definition) is 1. The molecule has 1 heterocycles. The summed E-state index contributed by atoms with van der Waals surface area (Å²) in [6.45, 7) is 4.97. The third-order valence-corrected chi connectivity index (χ3v) is 4.40. The first-order valence-electron chi connectivity index (χ1n) is 6.83. The highest BCUT2D eigenvalue weighted by Gasteiger charge is 2.14. The van der Waals surface area contributed by atoms with E-state index in [1.807, 2.05) is 25.1 Å². The minimum atomic E-state index is -0.174. The number of aryl methyl sites for hydroxylation is 1. The number of thiophene rings is 1. The first-order chi connectivity index (χ1) is 9.58. The van der Waals surface area contributed by atoms with Crippen molar-refractivity contribution in [1.82, 2.24) is 5.32 Å². The van der Waals surface area contributed by atoms with E-state index in [4.69, 9.17) is 11.6 Å². The van der Waals surface area contributed by atoms with Gasteiger partial charge in [-0.2, -0.15) is 0 Å². The summed E-state index contributed by atoms with van der Waals surface area (Å²) in [6, 6.07) is 9.30. The summed E-state index contributed by atoms with van der Waals surface area (Å²) >= 11 is 7.57. The fourth-order valence-electron chi connectivity index (χ4n) is 2.25. The van der Waals surface area contributed by atoms with Crippen molar-refractivity contribution in [1.29, 1.82) is 0 Å². The molecule has 2 rings (SSSR count). The van der Waals surface area contributed by atoms with E-state index in [1.165, 1.54) is 4.88 Å². The van der Waals surface area contributed by atoms with Gasteiger partial charge in [-0.1, -0.05) is 24.6 Å². The molecule has 0 spiro atoms. The molecule has 1 N–H and O–H groups in total. The van der Waals surface area contributed by atoms with Gasteiger partial charge in [-0.3, -0.25) is 0 Å². The maximum absolute atomic E-state index is 13.6. The van der Waals surface area contributed by atoms with E-state index in [0.717, 1.165) is 34.8 Å². The van der Waals surface area contributed by atoms with Crippen molar-refractivity contribution in [2.45, 2.75) is 32.7 Å². The van der Waals surface area contributed by atoms with Crippen molar-refractivity contribution in [3.63, 3.8) is 0 Å². The number of rotatable bonds is 6. The third-order valence-electron chi connectivity index (χ3n) is 3.14. The van der Waals surface area contributed by atoms with Gasteiger partial charge in [0.2, 0.25) is 0 Å². The monoisotopic (exact) mass is 311 g/mol. The molecule has 0 saturated carbocycles. The van der Waals surface area contributed by atoms with Gasteiger partial charge in [-0.05, 0) is 55.3 Å². The first kappa shape index (κ1) is 15.5. The van der Waals surface area contributed by atoms with E-state index in [0.29, 0.717) is 0 Å². The van der Waals surface area contributed by atoms with Crippen LogP contribution < -0.4 is 5.32 Å². The van der Waals surface area contributed by atoms with Crippen molar-refractivity contribution in [3.05, 3.63) is 56.5 Å². The molecule has 1 aromatic heterocycles. The molecule has 0 fully saturated rings. The number of halogens is 2. The van der Waals surface area contributed by atoms with Gasteiger partial charge >= 0.3 is 0 Å². The van der Waals surface area contributed by atoms with E-state index in [1.54, 1.807) is 23.5 Å². The topological polar surface area (TPSA) is 12.0 Å². The van der Waals surface area contributed by atoms with E-state index in [-0.39, 0.29) is 11.9 Å². The molecule has 1 atom stereocenters. The highest BCUT2D eigenvalue weighted by Crippen LogP contribution is 2.27.